The maximum absolute atomic E-state index is 11.5. The maximum Gasteiger partial charge on any atom is 0.348 e. The van der Waals surface area contributed by atoms with Gasteiger partial charge in [-0.3, -0.25) is 4.79 Å². The Balaban J connectivity index is 2.20. The summed E-state index contributed by atoms with van der Waals surface area (Å²) >= 11 is 0. The van der Waals surface area contributed by atoms with Crippen molar-refractivity contribution in [2.75, 3.05) is 6.54 Å². The molecule has 0 aliphatic heterocycles. The van der Waals surface area contributed by atoms with Gasteiger partial charge in [0, 0.05) is 12.3 Å². The van der Waals surface area contributed by atoms with Gasteiger partial charge in [0.25, 0.3) is 0 Å². The average molecular weight is 277 g/mol. The molecule has 0 heterocycles. The number of rotatable bonds is 6. The molecule has 1 fully saturated rings. The molecule has 1 saturated carbocycles. The second-order valence-electron chi connectivity index (χ2n) is 5.11. The third-order valence-electron chi connectivity index (χ3n) is 3.94. The van der Waals surface area contributed by atoms with E-state index in [-0.39, 0.29) is 18.4 Å². The fraction of sp³-hybridized carbons (Fsp3) is 0.467. The van der Waals surface area contributed by atoms with Gasteiger partial charge in [0.1, 0.15) is 0 Å². The monoisotopic (exact) mass is 277 g/mol. The summed E-state index contributed by atoms with van der Waals surface area (Å²) in [4.78, 5) is 22.8. The standard InChI is InChI=1S/C15H19NO4/c1-2-11(10-6-4-3-5-7-10)12-8-15(12,14(18)19)20-13(17)9-16/h3-7,11-12H,2,8-9,16H2,1H3,(H,18,19). The van der Waals surface area contributed by atoms with E-state index in [1.54, 1.807) is 0 Å². The van der Waals surface area contributed by atoms with E-state index in [1.165, 1.54) is 0 Å². The first-order chi connectivity index (χ1) is 9.55. The SMILES string of the molecule is CCC(c1ccccc1)C1CC1(OC(=O)CN)C(=O)O. The average Bonchev–Trinajstić information content (AvgIpc) is 3.16. The molecule has 5 nitrogen and oxygen atoms in total. The van der Waals surface area contributed by atoms with Gasteiger partial charge in [-0.25, -0.2) is 4.79 Å². The Hall–Kier alpha value is -1.88. The van der Waals surface area contributed by atoms with Gasteiger partial charge in [0.05, 0.1) is 6.54 Å². The molecule has 2 rings (SSSR count). The highest BCUT2D eigenvalue weighted by Crippen LogP contribution is 2.55. The lowest BCUT2D eigenvalue weighted by atomic mass is 9.90. The molecule has 0 saturated heterocycles. The van der Waals surface area contributed by atoms with Crippen LogP contribution in [0.25, 0.3) is 0 Å². The van der Waals surface area contributed by atoms with E-state index in [4.69, 9.17) is 10.5 Å². The summed E-state index contributed by atoms with van der Waals surface area (Å²) in [5.74, 6) is -1.88. The molecule has 3 atom stereocenters. The molecule has 3 unspecified atom stereocenters. The number of hydrogen-bond acceptors (Lipinski definition) is 4. The number of carboxylic acids is 1. The maximum atomic E-state index is 11.5. The molecule has 1 aromatic carbocycles. The number of carbonyl (C=O) groups is 2. The molecule has 1 aliphatic carbocycles. The number of nitrogens with two attached hydrogens (primary N) is 1. The van der Waals surface area contributed by atoms with Gasteiger partial charge in [0.2, 0.25) is 5.60 Å². The highest BCUT2D eigenvalue weighted by molar-refractivity contribution is 5.86. The number of carbonyl (C=O) groups excluding carboxylic acids is 1. The molecule has 0 aromatic heterocycles. The first-order valence-corrected chi connectivity index (χ1v) is 6.75. The minimum absolute atomic E-state index is 0.0675. The van der Waals surface area contributed by atoms with Crippen LogP contribution in [0.4, 0.5) is 0 Å². The van der Waals surface area contributed by atoms with Crippen LogP contribution in [0.5, 0.6) is 0 Å². The lowest BCUT2D eigenvalue weighted by molar-refractivity contribution is -0.167. The summed E-state index contributed by atoms with van der Waals surface area (Å²) in [6.07, 6.45) is 1.14. The molecule has 0 spiro atoms. The second-order valence-corrected chi connectivity index (χ2v) is 5.11. The van der Waals surface area contributed by atoms with E-state index < -0.39 is 17.5 Å². The van der Waals surface area contributed by atoms with Crippen molar-refractivity contribution in [1.29, 1.82) is 0 Å². The Morgan fingerprint density at radius 1 is 1.45 bits per heavy atom. The van der Waals surface area contributed by atoms with E-state index in [0.717, 1.165) is 12.0 Å². The van der Waals surface area contributed by atoms with Crippen molar-refractivity contribution in [1.82, 2.24) is 0 Å². The van der Waals surface area contributed by atoms with E-state index in [2.05, 4.69) is 0 Å². The van der Waals surface area contributed by atoms with Crippen LogP contribution in [0.2, 0.25) is 0 Å². The minimum Gasteiger partial charge on any atom is -0.478 e. The van der Waals surface area contributed by atoms with Gasteiger partial charge in [-0.2, -0.15) is 0 Å². The van der Waals surface area contributed by atoms with Crippen LogP contribution in [0.3, 0.4) is 0 Å². The van der Waals surface area contributed by atoms with Crippen molar-refractivity contribution < 1.29 is 19.4 Å². The van der Waals surface area contributed by atoms with Gasteiger partial charge in [-0.05, 0) is 17.9 Å². The Labute approximate surface area is 117 Å². The van der Waals surface area contributed by atoms with E-state index in [1.807, 2.05) is 37.3 Å². The number of benzene rings is 1. The number of esters is 1. The summed E-state index contributed by atoms with van der Waals surface area (Å²) in [7, 11) is 0. The topological polar surface area (TPSA) is 89.6 Å². The van der Waals surface area contributed by atoms with Crippen LogP contribution in [0.15, 0.2) is 30.3 Å². The Bertz CT molecular complexity index is 502. The zero-order chi connectivity index (χ0) is 14.8. The fourth-order valence-electron chi connectivity index (χ4n) is 2.84. The van der Waals surface area contributed by atoms with E-state index >= 15 is 0 Å². The van der Waals surface area contributed by atoms with Gasteiger partial charge in [-0.1, -0.05) is 37.3 Å². The number of ether oxygens (including phenoxy) is 1. The summed E-state index contributed by atoms with van der Waals surface area (Å²) in [6.45, 7) is 1.71. The van der Waals surface area contributed by atoms with Crippen LogP contribution in [-0.2, 0) is 14.3 Å². The molecule has 1 aliphatic rings. The van der Waals surface area contributed by atoms with Crippen LogP contribution >= 0.6 is 0 Å². The molecule has 108 valence electrons. The van der Waals surface area contributed by atoms with Crippen LogP contribution < -0.4 is 5.73 Å². The molecule has 0 amide bonds. The van der Waals surface area contributed by atoms with Crippen LogP contribution in [-0.4, -0.2) is 29.2 Å². The van der Waals surface area contributed by atoms with Crippen molar-refractivity contribution in [2.45, 2.75) is 31.3 Å². The second kappa shape index (κ2) is 5.63. The number of hydrogen-bond donors (Lipinski definition) is 2. The molecule has 3 N–H and O–H groups in total. The highest BCUT2D eigenvalue weighted by atomic mass is 16.6. The zero-order valence-electron chi connectivity index (χ0n) is 11.4. The van der Waals surface area contributed by atoms with Crippen molar-refractivity contribution >= 4 is 11.9 Å². The number of aliphatic carboxylic acids is 1. The first-order valence-electron chi connectivity index (χ1n) is 6.75. The van der Waals surface area contributed by atoms with E-state index in [0.29, 0.717) is 6.42 Å². The van der Waals surface area contributed by atoms with Crippen molar-refractivity contribution in [3.05, 3.63) is 35.9 Å². The van der Waals surface area contributed by atoms with Crippen LogP contribution in [0, 0.1) is 5.92 Å². The Kier molecular flexibility index (Phi) is 4.09. The Morgan fingerprint density at radius 3 is 2.60 bits per heavy atom. The minimum atomic E-state index is -1.40. The Morgan fingerprint density at radius 2 is 2.10 bits per heavy atom. The molecular formula is C15H19NO4. The largest absolute Gasteiger partial charge is 0.478 e. The summed E-state index contributed by atoms with van der Waals surface area (Å²) in [5.41, 5.74) is 4.88. The lowest BCUT2D eigenvalue weighted by Crippen LogP contribution is -2.35. The summed E-state index contributed by atoms with van der Waals surface area (Å²) in [5, 5.41) is 9.39. The first kappa shape index (κ1) is 14.5. The third kappa shape index (κ3) is 2.54. The van der Waals surface area contributed by atoms with Crippen LogP contribution in [0.1, 0.15) is 31.2 Å². The normalized spacial score (nSPS) is 25.8. The van der Waals surface area contributed by atoms with E-state index in [9.17, 15) is 14.7 Å². The summed E-state index contributed by atoms with van der Waals surface area (Å²) < 4.78 is 5.11. The van der Waals surface area contributed by atoms with Crippen molar-refractivity contribution in [3.63, 3.8) is 0 Å². The van der Waals surface area contributed by atoms with Gasteiger partial charge >= 0.3 is 11.9 Å². The summed E-state index contributed by atoms with van der Waals surface area (Å²) in [6, 6.07) is 9.72. The predicted molar refractivity (Wildman–Crippen MR) is 73.1 cm³/mol. The van der Waals surface area contributed by atoms with Crippen molar-refractivity contribution in [2.24, 2.45) is 11.7 Å². The zero-order valence-corrected chi connectivity index (χ0v) is 11.4. The highest BCUT2D eigenvalue weighted by Gasteiger charge is 2.66. The van der Waals surface area contributed by atoms with Crippen molar-refractivity contribution in [3.8, 4) is 0 Å². The lowest BCUT2D eigenvalue weighted by Gasteiger charge is -2.19. The fourth-order valence-corrected chi connectivity index (χ4v) is 2.84. The predicted octanol–water partition coefficient (Wildman–Crippen LogP) is 1.53. The molecule has 5 heteroatoms. The quantitative estimate of drug-likeness (QED) is 0.770. The molecule has 0 radical (unpaired) electrons. The van der Waals surface area contributed by atoms with Gasteiger partial charge in [-0.15, -0.1) is 0 Å². The molecular weight excluding hydrogens is 258 g/mol. The molecule has 1 aromatic rings. The third-order valence-corrected chi connectivity index (χ3v) is 3.94. The number of carboxylic acid groups (broad SMARTS) is 1. The molecule has 0 bridgehead atoms. The van der Waals surface area contributed by atoms with Gasteiger partial charge < -0.3 is 15.6 Å². The molecule has 20 heavy (non-hydrogen) atoms. The smallest absolute Gasteiger partial charge is 0.348 e. The van der Waals surface area contributed by atoms with Gasteiger partial charge in [0.15, 0.2) is 0 Å².